The Morgan fingerprint density at radius 1 is 1.33 bits per heavy atom. The van der Waals surface area contributed by atoms with Gasteiger partial charge >= 0.3 is 0 Å². The molecule has 1 heterocycles. The summed E-state index contributed by atoms with van der Waals surface area (Å²) in [6.45, 7) is 0.932. The first-order chi connectivity index (χ1) is 5.86. The first-order valence-electron chi connectivity index (χ1n) is 5.23. The molecular weight excluding hydrogens is 150 g/mol. The summed E-state index contributed by atoms with van der Waals surface area (Å²) in [6.07, 6.45) is 8.17. The maximum Gasteiger partial charge on any atom is 0.0726 e. The summed E-state index contributed by atoms with van der Waals surface area (Å²) >= 11 is 0. The van der Waals surface area contributed by atoms with Gasteiger partial charge in [-0.25, -0.2) is 0 Å². The Kier molecular flexibility index (Phi) is 2.66. The van der Waals surface area contributed by atoms with E-state index in [-0.39, 0.29) is 0 Å². The van der Waals surface area contributed by atoms with Gasteiger partial charge in [-0.3, -0.25) is 0 Å². The number of hydrogen-bond acceptors (Lipinski definition) is 2. The van der Waals surface area contributed by atoms with Gasteiger partial charge in [-0.2, -0.15) is 0 Å². The van der Waals surface area contributed by atoms with Gasteiger partial charge < -0.3 is 10.5 Å². The predicted octanol–water partition coefficient (Wildman–Crippen LogP) is 1.68. The average molecular weight is 169 g/mol. The maximum absolute atomic E-state index is 6.03. The fourth-order valence-corrected chi connectivity index (χ4v) is 1.96. The highest BCUT2D eigenvalue weighted by molar-refractivity contribution is 4.81. The van der Waals surface area contributed by atoms with Crippen molar-refractivity contribution in [3.63, 3.8) is 0 Å². The van der Waals surface area contributed by atoms with Gasteiger partial charge in [0.15, 0.2) is 0 Å². The third-order valence-corrected chi connectivity index (χ3v) is 3.05. The zero-order valence-electron chi connectivity index (χ0n) is 7.67. The van der Waals surface area contributed by atoms with E-state index < -0.39 is 0 Å². The van der Waals surface area contributed by atoms with Crippen LogP contribution in [-0.4, -0.2) is 18.8 Å². The van der Waals surface area contributed by atoms with Crippen LogP contribution in [0.25, 0.3) is 0 Å². The topological polar surface area (TPSA) is 35.2 Å². The van der Waals surface area contributed by atoms with Crippen molar-refractivity contribution < 1.29 is 4.74 Å². The second kappa shape index (κ2) is 3.75. The molecular formula is C10H19NO. The smallest absolute Gasteiger partial charge is 0.0726 e. The van der Waals surface area contributed by atoms with E-state index in [1.54, 1.807) is 0 Å². The molecule has 2 heteroatoms. The van der Waals surface area contributed by atoms with E-state index >= 15 is 0 Å². The van der Waals surface area contributed by atoms with Crippen LogP contribution in [0.5, 0.6) is 0 Å². The van der Waals surface area contributed by atoms with Crippen LogP contribution in [0.2, 0.25) is 0 Å². The molecule has 12 heavy (non-hydrogen) atoms. The Morgan fingerprint density at radius 3 is 2.75 bits per heavy atom. The summed E-state index contributed by atoms with van der Waals surface area (Å²) in [6, 6.07) is 0.313. The molecule has 2 fully saturated rings. The van der Waals surface area contributed by atoms with Crippen LogP contribution < -0.4 is 5.73 Å². The first kappa shape index (κ1) is 8.52. The van der Waals surface area contributed by atoms with Gasteiger partial charge in [0.05, 0.1) is 6.10 Å². The zero-order valence-corrected chi connectivity index (χ0v) is 7.67. The van der Waals surface area contributed by atoms with E-state index in [2.05, 4.69) is 0 Å². The van der Waals surface area contributed by atoms with E-state index in [0.717, 1.165) is 12.5 Å². The lowest BCUT2D eigenvalue weighted by Gasteiger charge is -2.17. The van der Waals surface area contributed by atoms with E-state index in [1.165, 1.54) is 38.5 Å². The molecule has 0 spiro atoms. The Bertz CT molecular complexity index is 139. The van der Waals surface area contributed by atoms with Crippen molar-refractivity contribution in [2.24, 2.45) is 11.7 Å². The molecule has 0 aromatic heterocycles. The van der Waals surface area contributed by atoms with Gasteiger partial charge in [0.25, 0.3) is 0 Å². The summed E-state index contributed by atoms with van der Waals surface area (Å²) < 4.78 is 5.54. The highest BCUT2D eigenvalue weighted by atomic mass is 16.5. The van der Waals surface area contributed by atoms with Crippen molar-refractivity contribution in [3.8, 4) is 0 Å². The molecule has 2 rings (SSSR count). The molecule has 1 aliphatic carbocycles. The molecule has 1 saturated carbocycles. The van der Waals surface area contributed by atoms with Crippen LogP contribution >= 0.6 is 0 Å². The first-order valence-corrected chi connectivity index (χ1v) is 5.23. The Labute approximate surface area is 74.5 Å². The molecule has 1 saturated heterocycles. The van der Waals surface area contributed by atoms with Crippen LogP contribution in [0, 0.1) is 5.92 Å². The minimum atomic E-state index is 0.313. The number of rotatable bonds is 4. The molecule has 0 bridgehead atoms. The van der Waals surface area contributed by atoms with E-state index in [1.807, 2.05) is 0 Å². The lowest BCUT2D eigenvalue weighted by molar-refractivity contribution is 0.0865. The second-order valence-electron chi connectivity index (χ2n) is 4.24. The summed E-state index contributed by atoms with van der Waals surface area (Å²) in [5.41, 5.74) is 6.03. The molecule has 0 amide bonds. The van der Waals surface area contributed by atoms with Crippen molar-refractivity contribution in [1.82, 2.24) is 0 Å². The molecule has 0 radical (unpaired) electrons. The van der Waals surface area contributed by atoms with Crippen LogP contribution in [0.4, 0.5) is 0 Å². The molecule has 2 atom stereocenters. The van der Waals surface area contributed by atoms with Crippen molar-refractivity contribution in [2.45, 2.75) is 50.7 Å². The van der Waals surface area contributed by atoms with E-state index in [0.29, 0.717) is 12.1 Å². The minimum absolute atomic E-state index is 0.313. The summed E-state index contributed by atoms with van der Waals surface area (Å²) in [7, 11) is 0. The Hall–Kier alpha value is -0.0800. The van der Waals surface area contributed by atoms with Crippen molar-refractivity contribution in [2.75, 3.05) is 6.61 Å². The highest BCUT2D eigenvalue weighted by Crippen LogP contribution is 2.34. The molecule has 1 aliphatic heterocycles. The Balaban J connectivity index is 1.64. The van der Waals surface area contributed by atoms with E-state index in [9.17, 15) is 0 Å². The SMILES string of the molecule is NC(CCC1CC1)C1CCCO1. The van der Waals surface area contributed by atoms with Gasteiger partial charge in [-0.1, -0.05) is 12.8 Å². The lowest BCUT2D eigenvalue weighted by Crippen LogP contribution is -2.34. The van der Waals surface area contributed by atoms with Gasteiger partial charge in [0.1, 0.15) is 0 Å². The fourth-order valence-electron chi connectivity index (χ4n) is 1.96. The predicted molar refractivity (Wildman–Crippen MR) is 48.9 cm³/mol. The molecule has 2 nitrogen and oxygen atoms in total. The summed E-state index contributed by atoms with van der Waals surface area (Å²) in [4.78, 5) is 0. The average Bonchev–Trinajstić information content (AvgIpc) is 2.74. The third-order valence-electron chi connectivity index (χ3n) is 3.05. The van der Waals surface area contributed by atoms with E-state index in [4.69, 9.17) is 10.5 Å². The quantitative estimate of drug-likeness (QED) is 0.695. The molecule has 0 aromatic rings. The highest BCUT2D eigenvalue weighted by Gasteiger charge is 2.26. The summed E-state index contributed by atoms with van der Waals surface area (Å²) in [5.74, 6) is 1.01. The van der Waals surface area contributed by atoms with Crippen molar-refractivity contribution in [1.29, 1.82) is 0 Å². The van der Waals surface area contributed by atoms with Gasteiger partial charge in [-0.05, 0) is 31.6 Å². The molecule has 2 aliphatic rings. The zero-order chi connectivity index (χ0) is 8.39. The Morgan fingerprint density at radius 2 is 2.17 bits per heavy atom. The molecule has 0 aromatic carbocycles. The van der Waals surface area contributed by atoms with Crippen molar-refractivity contribution in [3.05, 3.63) is 0 Å². The van der Waals surface area contributed by atoms with Crippen molar-refractivity contribution >= 4 is 0 Å². The minimum Gasteiger partial charge on any atom is -0.377 e. The van der Waals surface area contributed by atoms with Gasteiger partial charge in [0.2, 0.25) is 0 Å². The number of hydrogen-bond donors (Lipinski definition) is 1. The largest absolute Gasteiger partial charge is 0.377 e. The number of nitrogens with two attached hydrogens (primary N) is 1. The second-order valence-corrected chi connectivity index (χ2v) is 4.24. The molecule has 70 valence electrons. The monoisotopic (exact) mass is 169 g/mol. The van der Waals surface area contributed by atoms with Gasteiger partial charge in [-0.15, -0.1) is 0 Å². The maximum atomic E-state index is 6.03. The van der Waals surface area contributed by atoms with Crippen LogP contribution in [0.15, 0.2) is 0 Å². The fraction of sp³-hybridized carbons (Fsp3) is 1.00. The molecule has 2 N–H and O–H groups in total. The number of ether oxygens (including phenoxy) is 1. The standard InChI is InChI=1S/C10H19NO/c11-9(6-5-8-3-4-8)10-2-1-7-12-10/h8-10H,1-7,11H2. The lowest BCUT2D eigenvalue weighted by atomic mass is 10.0. The molecule has 2 unspecified atom stereocenters. The van der Waals surface area contributed by atoms with Crippen LogP contribution in [-0.2, 0) is 4.74 Å². The normalized spacial score (nSPS) is 32.2. The third kappa shape index (κ3) is 2.20. The van der Waals surface area contributed by atoms with Gasteiger partial charge in [0, 0.05) is 12.6 Å². The van der Waals surface area contributed by atoms with Crippen LogP contribution in [0.3, 0.4) is 0 Å². The summed E-state index contributed by atoms with van der Waals surface area (Å²) in [5, 5.41) is 0. The van der Waals surface area contributed by atoms with Crippen LogP contribution in [0.1, 0.15) is 38.5 Å².